The third-order valence-corrected chi connectivity index (χ3v) is 12.2. The van der Waals surface area contributed by atoms with Crippen LogP contribution < -0.4 is 0 Å². The zero-order chi connectivity index (χ0) is 36.3. The Hall–Kier alpha value is -6.22. The highest BCUT2D eigenvalue weighted by Crippen LogP contribution is 2.45. The van der Waals surface area contributed by atoms with Gasteiger partial charge in [0, 0.05) is 30.9 Å². The van der Waals surface area contributed by atoms with Gasteiger partial charge < -0.3 is 4.42 Å². The van der Waals surface area contributed by atoms with Gasteiger partial charge in [-0.05, 0) is 135 Å². The first kappa shape index (κ1) is 32.4. The van der Waals surface area contributed by atoms with E-state index in [-0.39, 0.29) is 0 Å². The van der Waals surface area contributed by atoms with Crippen molar-refractivity contribution in [3.63, 3.8) is 0 Å². The van der Waals surface area contributed by atoms with E-state index in [1.54, 1.807) is 0 Å². The highest BCUT2D eigenvalue weighted by Gasteiger charge is 2.19. The second-order valence-corrected chi connectivity index (χ2v) is 15.5. The van der Waals surface area contributed by atoms with Crippen molar-refractivity contribution in [2.75, 3.05) is 0 Å². The Balaban J connectivity index is 1.15. The van der Waals surface area contributed by atoms with Crippen LogP contribution >= 0.6 is 11.3 Å². The van der Waals surface area contributed by atoms with Crippen LogP contribution in [0.2, 0.25) is 0 Å². The Morgan fingerprint density at radius 3 is 2.13 bits per heavy atom. The maximum absolute atomic E-state index is 6.55. The Morgan fingerprint density at radius 2 is 1.35 bits per heavy atom. The summed E-state index contributed by atoms with van der Waals surface area (Å²) in [6.07, 6.45) is 18.7. The minimum atomic E-state index is 0.912. The molecule has 54 heavy (non-hydrogen) atoms. The summed E-state index contributed by atoms with van der Waals surface area (Å²) in [5.41, 5.74) is 10.7. The highest BCUT2D eigenvalue weighted by atomic mass is 32.1. The van der Waals surface area contributed by atoms with Gasteiger partial charge in [0.2, 0.25) is 0 Å². The Morgan fingerprint density at radius 1 is 0.630 bits per heavy atom. The average molecular weight is 711 g/mol. The molecule has 0 unspecified atom stereocenters. The maximum Gasteiger partial charge on any atom is 0.136 e. The molecular weight excluding hydrogens is 673 g/mol. The molecule has 2 heteroatoms. The van der Waals surface area contributed by atoms with E-state index in [0.717, 1.165) is 28.4 Å². The zero-order valence-electron chi connectivity index (χ0n) is 30.6. The van der Waals surface area contributed by atoms with E-state index in [4.69, 9.17) is 4.42 Å². The van der Waals surface area contributed by atoms with Gasteiger partial charge in [-0.15, -0.1) is 11.3 Å². The molecule has 1 aliphatic rings. The molecule has 7 aromatic carbocycles. The Kier molecular flexibility index (Phi) is 7.82. The first-order chi connectivity index (χ1) is 26.6. The first-order valence-electron chi connectivity index (χ1n) is 18.8. The molecule has 0 saturated carbocycles. The van der Waals surface area contributed by atoms with Crippen LogP contribution in [-0.2, 0) is 0 Å². The van der Waals surface area contributed by atoms with Crippen LogP contribution in [0, 0.1) is 0 Å². The lowest BCUT2D eigenvalue weighted by Crippen LogP contribution is -1.93. The smallest absolute Gasteiger partial charge is 0.136 e. The second-order valence-electron chi connectivity index (χ2n) is 14.4. The Labute approximate surface area is 318 Å². The van der Waals surface area contributed by atoms with Crippen molar-refractivity contribution >= 4 is 91.3 Å². The maximum atomic E-state index is 6.55. The topological polar surface area (TPSA) is 13.1 Å². The third-order valence-electron chi connectivity index (χ3n) is 11.1. The molecule has 10 rings (SSSR count). The predicted molar refractivity (Wildman–Crippen MR) is 237 cm³/mol. The number of allylic oxidation sites excluding steroid dienone is 12. The van der Waals surface area contributed by atoms with E-state index in [0.29, 0.717) is 0 Å². The van der Waals surface area contributed by atoms with Gasteiger partial charge in [-0.1, -0.05) is 127 Å². The molecule has 0 radical (unpaired) electrons. The van der Waals surface area contributed by atoms with Gasteiger partial charge in [-0.25, -0.2) is 0 Å². The summed E-state index contributed by atoms with van der Waals surface area (Å²) in [5.74, 6) is 0. The third kappa shape index (κ3) is 5.29. The minimum absolute atomic E-state index is 0.912. The molecule has 0 saturated heterocycles. The van der Waals surface area contributed by atoms with Crippen LogP contribution in [0.1, 0.15) is 32.8 Å². The second kappa shape index (κ2) is 13.0. The summed E-state index contributed by atoms with van der Waals surface area (Å²) >= 11 is 1.87. The van der Waals surface area contributed by atoms with Gasteiger partial charge in [0.1, 0.15) is 11.2 Å². The molecule has 258 valence electrons. The molecule has 0 atom stereocenters. The van der Waals surface area contributed by atoms with Crippen LogP contribution in [0.25, 0.3) is 91.1 Å². The number of fused-ring (bicyclic) bond motifs is 10. The van der Waals surface area contributed by atoms with E-state index in [2.05, 4.69) is 185 Å². The molecule has 1 nitrogen and oxygen atoms in total. The fourth-order valence-corrected chi connectivity index (χ4v) is 9.60. The molecule has 0 spiro atoms. The van der Waals surface area contributed by atoms with E-state index < -0.39 is 0 Å². The van der Waals surface area contributed by atoms with Gasteiger partial charge in [0.05, 0.1) is 0 Å². The summed E-state index contributed by atoms with van der Waals surface area (Å²) in [6.45, 7) is 6.49. The summed E-state index contributed by atoms with van der Waals surface area (Å²) in [7, 11) is 0. The van der Waals surface area contributed by atoms with Crippen LogP contribution in [0.4, 0.5) is 0 Å². The van der Waals surface area contributed by atoms with Crippen LogP contribution in [0.5, 0.6) is 0 Å². The van der Waals surface area contributed by atoms with Crippen molar-refractivity contribution < 1.29 is 4.42 Å². The lowest BCUT2D eigenvalue weighted by atomic mass is 9.85. The van der Waals surface area contributed by atoms with Crippen molar-refractivity contribution in [1.82, 2.24) is 0 Å². The fraction of sp³-hybridized carbons (Fsp3) is 0.0769. The van der Waals surface area contributed by atoms with Gasteiger partial charge in [-0.2, -0.15) is 0 Å². The van der Waals surface area contributed by atoms with Gasteiger partial charge in [-0.3, -0.25) is 0 Å². The number of thiophene rings is 1. The molecule has 2 aromatic heterocycles. The lowest BCUT2D eigenvalue weighted by Gasteiger charge is -2.18. The molecule has 0 fully saturated rings. The number of benzene rings is 7. The van der Waals surface area contributed by atoms with Crippen molar-refractivity contribution in [2.45, 2.75) is 27.2 Å². The molecular formula is C52H38OS. The van der Waals surface area contributed by atoms with Crippen LogP contribution in [-0.4, -0.2) is 0 Å². The summed E-state index contributed by atoms with van der Waals surface area (Å²) < 4.78 is 9.19. The minimum Gasteiger partial charge on any atom is -0.456 e. The Bertz CT molecular complexity index is 3150. The standard InChI is InChI=1S/C52H38OS/c1-4-5-13-32(2)35-15-12-14-34(28-35)23-22-33(3)50-38-16-6-8-18-40(38)51(41-19-9-7-17-39(41)50)37-24-26-46-44(29-37)45-31-43-36(30-47(45)53-46)25-27-49-52(43)42-20-10-11-21-48(42)54-49/h4-13,15-31H,14H2,1-3H3/b5-4-,32-13+,33-22+,34-23+. The van der Waals surface area contributed by atoms with Crippen molar-refractivity contribution in [2.24, 2.45) is 0 Å². The molecule has 0 bridgehead atoms. The van der Waals surface area contributed by atoms with E-state index in [1.165, 1.54) is 91.5 Å². The van der Waals surface area contributed by atoms with E-state index >= 15 is 0 Å². The van der Waals surface area contributed by atoms with Crippen LogP contribution in [0.15, 0.2) is 185 Å². The lowest BCUT2D eigenvalue weighted by molar-refractivity contribution is 0.669. The number of rotatable bonds is 5. The first-order valence-corrected chi connectivity index (χ1v) is 19.6. The van der Waals surface area contributed by atoms with E-state index in [1.807, 2.05) is 11.3 Å². The van der Waals surface area contributed by atoms with Gasteiger partial charge >= 0.3 is 0 Å². The summed E-state index contributed by atoms with van der Waals surface area (Å²) in [4.78, 5) is 0. The van der Waals surface area contributed by atoms with Crippen molar-refractivity contribution in [1.29, 1.82) is 0 Å². The monoisotopic (exact) mass is 710 g/mol. The normalized spacial score (nSPS) is 15.1. The summed E-state index contributed by atoms with van der Waals surface area (Å²) in [6, 6.07) is 42.4. The quantitative estimate of drug-likeness (QED) is 0.128. The van der Waals surface area contributed by atoms with Crippen molar-refractivity contribution in [3.8, 4) is 11.1 Å². The van der Waals surface area contributed by atoms with Gasteiger partial charge in [0.25, 0.3) is 0 Å². The zero-order valence-corrected chi connectivity index (χ0v) is 31.4. The number of hydrogen-bond donors (Lipinski definition) is 0. The largest absolute Gasteiger partial charge is 0.456 e. The fourth-order valence-electron chi connectivity index (χ4n) is 8.48. The van der Waals surface area contributed by atoms with Gasteiger partial charge in [0.15, 0.2) is 0 Å². The SMILES string of the molecule is C/C=C\C=C(/C)C1=C/C(=C/C=C(\C)c2c3ccccc3c(-c3ccc4oc5cc6ccc7sc8ccccc8c7c6cc5c4c3)c3ccccc23)CC=C1. The number of hydrogen-bond acceptors (Lipinski definition) is 2. The highest BCUT2D eigenvalue weighted by molar-refractivity contribution is 7.26. The van der Waals surface area contributed by atoms with E-state index in [9.17, 15) is 0 Å². The molecule has 0 aliphatic heterocycles. The number of furan rings is 1. The molecule has 2 heterocycles. The molecule has 1 aliphatic carbocycles. The van der Waals surface area contributed by atoms with Crippen LogP contribution in [0.3, 0.4) is 0 Å². The molecule has 0 amide bonds. The molecule has 9 aromatic rings. The predicted octanol–water partition coefficient (Wildman–Crippen LogP) is 15.8. The molecule has 0 N–H and O–H groups in total. The van der Waals surface area contributed by atoms with Crippen molar-refractivity contribution in [3.05, 3.63) is 186 Å². The average Bonchev–Trinajstić information content (AvgIpc) is 3.78. The summed E-state index contributed by atoms with van der Waals surface area (Å²) in [5, 5.41) is 12.5.